The molecule has 2 unspecified atom stereocenters. The van der Waals surface area contributed by atoms with Crippen molar-refractivity contribution in [2.24, 2.45) is 5.73 Å². The molecule has 0 aromatic heterocycles. The standard InChI is InChI=1S/C11H22N2O/c1-9-7-10(14-2)3-6-13(9)8-11(12)4-5-11/h9-10H,3-8,12H2,1-2H3. The molecule has 1 saturated heterocycles. The van der Waals surface area contributed by atoms with Gasteiger partial charge >= 0.3 is 0 Å². The first-order valence-corrected chi connectivity index (χ1v) is 5.69. The van der Waals surface area contributed by atoms with Crippen LogP contribution in [0.4, 0.5) is 0 Å². The maximum Gasteiger partial charge on any atom is 0.0598 e. The van der Waals surface area contributed by atoms with E-state index in [0.29, 0.717) is 12.1 Å². The van der Waals surface area contributed by atoms with Crippen molar-refractivity contribution in [1.29, 1.82) is 0 Å². The SMILES string of the molecule is COC1CCN(CC2(N)CC2)C(C)C1. The van der Waals surface area contributed by atoms with Crippen molar-refractivity contribution < 1.29 is 4.74 Å². The number of likely N-dealkylation sites (tertiary alicyclic amines) is 1. The Morgan fingerprint density at radius 1 is 1.50 bits per heavy atom. The van der Waals surface area contributed by atoms with Gasteiger partial charge in [-0.2, -0.15) is 0 Å². The van der Waals surface area contributed by atoms with Crippen LogP contribution in [0.15, 0.2) is 0 Å². The smallest absolute Gasteiger partial charge is 0.0598 e. The maximum atomic E-state index is 6.13. The molecule has 2 fully saturated rings. The van der Waals surface area contributed by atoms with E-state index in [1.165, 1.54) is 12.8 Å². The van der Waals surface area contributed by atoms with Gasteiger partial charge in [-0.3, -0.25) is 4.90 Å². The predicted molar refractivity (Wildman–Crippen MR) is 57.2 cm³/mol. The molecular weight excluding hydrogens is 176 g/mol. The molecule has 0 aromatic carbocycles. The van der Waals surface area contributed by atoms with Crippen molar-refractivity contribution in [3.05, 3.63) is 0 Å². The lowest BCUT2D eigenvalue weighted by molar-refractivity contribution is 0.0130. The molecule has 3 nitrogen and oxygen atoms in total. The number of hydrogen-bond acceptors (Lipinski definition) is 3. The third-order valence-electron chi connectivity index (χ3n) is 3.71. The highest BCUT2D eigenvalue weighted by atomic mass is 16.5. The van der Waals surface area contributed by atoms with Crippen LogP contribution in [0.5, 0.6) is 0 Å². The average molecular weight is 198 g/mol. The lowest BCUT2D eigenvalue weighted by Gasteiger charge is -2.38. The van der Waals surface area contributed by atoms with Crippen LogP contribution >= 0.6 is 0 Å². The predicted octanol–water partition coefficient (Wildman–Crippen LogP) is 0.977. The Balaban J connectivity index is 1.82. The minimum Gasteiger partial charge on any atom is -0.381 e. The molecule has 1 saturated carbocycles. The van der Waals surface area contributed by atoms with Gasteiger partial charge in [-0.25, -0.2) is 0 Å². The first-order valence-electron chi connectivity index (χ1n) is 5.69. The number of nitrogens with two attached hydrogens (primary N) is 1. The fourth-order valence-corrected chi connectivity index (χ4v) is 2.35. The summed E-state index contributed by atoms with van der Waals surface area (Å²) in [5.41, 5.74) is 6.29. The molecule has 0 bridgehead atoms. The van der Waals surface area contributed by atoms with Crippen LogP contribution < -0.4 is 5.73 Å². The zero-order valence-electron chi connectivity index (χ0n) is 9.33. The van der Waals surface area contributed by atoms with Gasteiger partial charge in [0.15, 0.2) is 0 Å². The number of rotatable bonds is 3. The normalized spacial score (nSPS) is 37.1. The van der Waals surface area contributed by atoms with Crippen molar-refractivity contribution in [2.75, 3.05) is 20.2 Å². The van der Waals surface area contributed by atoms with Gasteiger partial charge in [-0.1, -0.05) is 0 Å². The number of piperidine rings is 1. The third kappa shape index (κ3) is 2.27. The molecule has 2 N–H and O–H groups in total. The Kier molecular flexibility index (Phi) is 2.82. The van der Waals surface area contributed by atoms with Crippen LogP contribution in [0.1, 0.15) is 32.6 Å². The molecule has 0 spiro atoms. The summed E-state index contributed by atoms with van der Waals surface area (Å²) in [6.45, 7) is 4.53. The van der Waals surface area contributed by atoms with Crippen molar-refractivity contribution in [1.82, 2.24) is 4.90 Å². The highest BCUT2D eigenvalue weighted by Gasteiger charge is 2.41. The van der Waals surface area contributed by atoms with Crippen LogP contribution in [0.3, 0.4) is 0 Å². The van der Waals surface area contributed by atoms with E-state index in [2.05, 4.69) is 11.8 Å². The van der Waals surface area contributed by atoms with Crippen molar-refractivity contribution in [3.8, 4) is 0 Å². The monoisotopic (exact) mass is 198 g/mol. The van der Waals surface area contributed by atoms with Crippen molar-refractivity contribution in [3.63, 3.8) is 0 Å². The molecule has 0 radical (unpaired) electrons. The van der Waals surface area contributed by atoms with Gasteiger partial charge in [0.1, 0.15) is 0 Å². The van der Waals surface area contributed by atoms with Crippen LogP contribution in [0, 0.1) is 0 Å². The lowest BCUT2D eigenvalue weighted by atomic mass is 10.00. The van der Waals surface area contributed by atoms with Gasteiger partial charge in [-0.05, 0) is 32.6 Å². The van der Waals surface area contributed by atoms with Gasteiger partial charge in [0, 0.05) is 31.8 Å². The van der Waals surface area contributed by atoms with Gasteiger partial charge < -0.3 is 10.5 Å². The quantitative estimate of drug-likeness (QED) is 0.734. The van der Waals surface area contributed by atoms with Crippen LogP contribution in [0.2, 0.25) is 0 Å². The summed E-state index contributed by atoms with van der Waals surface area (Å²) in [6.07, 6.45) is 5.21. The molecule has 3 heteroatoms. The van der Waals surface area contributed by atoms with Crippen LogP contribution in [0.25, 0.3) is 0 Å². The number of methoxy groups -OCH3 is 1. The average Bonchev–Trinajstić information content (AvgIpc) is 2.88. The van der Waals surface area contributed by atoms with E-state index in [1.54, 1.807) is 0 Å². The summed E-state index contributed by atoms with van der Waals surface area (Å²) in [4.78, 5) is 2.53. The summed E-state index contributed by atoms with van der Waals surface area (Å²) in [7, 11) is 1.82. The van der Waals surface area contributed by atoms with Gasteiger partial charge in [-0.15, -0.1) is 0 Å². The van der Waals surface area contributed by atoms with Gasteiger partial charge in [0.25, 0.3) is 0 Å². The van der Waals surface area contributed by atoms with Gasteiger partial charge in [0.2, 0.25) is 0 Å². The second-order valence-electron chi connectivity index (χ2n) is 5.06. The zero-order valence-corrected chi connectivity index (χ0v) is 9.33. The first kappa shape index (κ1) is 10.4. The molecule has 2 aliphatic rings. The maximum absolute atomic E-state index is 6.13. The molecule has 1 aliphatic heterocycles. The van der Waals surface area contributed by atoms with E-state index in [-0.39, 0.29) is 5.54 Å². The molecule has 0 aromatic rings. The minimum atomic E-state index is 0.161. The van der Waals surface area contributed by atoms with E-state index in [4.69, 9.17) is 10.5 Å². The number of hydrogen-bond donors (Lipinski definition) is 1. The van der Waals surface area contributed by atoms with E-state index < -0.39 is 0 Å². The number of nitrogens with zero attached hydrogens (tertiary/aromatic N) is 1. The Bertz CT molecular complexity index is 203. The summed E-state index contributed by atoms with van der Waals surface area (Å²) >= 11 is 0. The molecule has 82 valence electrons. The third-order valence-corrected chi connectivity index (χ3v) is 3.71. The van der Waals surface area contributed by atoms with E-state index in [9.17, 15) is 0 Å². The summed E-state index contributed by atoms with van der Waals surface area (Å²) in [5, 5.41) is 0. The van der Waals surface area contributed by atoms with Gasteiger partial charge in [0.05, 0.1) is 6.10 Å². The molecule has 2 rings (SSSR count). The summed E-state index contributed by atoms with van der Waals surface area (Å²) in [5.74, 6) is 0. The zero-order chi connectivity index (χ0) is 10.2. The Hall–Kier alpha value is -0.120. The topological polar surface area (TPSA) is 38.5 Å². The Morgan fingerprint density at radius 2 is 2.21 bits per heavy atom. The molecule has 2 atom stereocenters. The molecule has 14 heavy (non-hydrogen) atoms. The molecular formula is C11H22N2O. The summed E-state index contributed by atoms with van der Waals surface area (Å²) < 4.78 is 5.40. The van der Waals surface area contributed by atoms with E-state index >= 15 is 0 Å². The Morgan fingerprint density at radius 3 is 2.71 bits per heavy atom. The summed E-state index contributed by atoms with van der Waals surface area (Å²) in [6, 6.07) is 0.634. The van der Waals surface area contributed by atoms with Crippen LogP contribution in [-0.2, 0) is 4.74 Å². The minimum absolute atomic E-state index is 0.161. The van der Waals surface area contributed by atoms with E-state index in [1.807, 2.05) is 7.11 Å². The first-order chi connectivity index (χ1) is 6.63. The molecule has 0 amide bonds. The Labute approximate surface area is 86.6 Å². The fourth-order valence-electron chi connectivity index (χ4n) is 2.35. The second kappa shape index (κ2) is 3.80. The largest absolute Gasteiger partial charge is 0.381 e. The molecule has 1 heterocycles. The fraction of sp³-hybridized carbons (Fsp3) is 1.00. The number of ether oxygens (including phenoxy) is 1. The van der Waals surface area contributed by atoms with Crippen LogP contribution in [-0.4, -0.2) is 42.8 Å². The highest BCUT2D eigenvalue weighted by Crippen LogP contribution is 2.34. The van der Waals surface area contributed by atoms with Crippen molar-refractivity contribution >= 4 is 0 Å². The van der Waals surface area contributed by atoms with Crippen molar-refractivity contribution in [2.45, 2.75) is 50.3 Å². The highest BCUT2D eigenvalue weighted by molar-refractivity contribution is 5.02. The lowest BCUT2D eigenvalue weighted by Crippen LogP contribution is -2.49. The van der Waals surface area contributed by atoms with E-state index in [0.717, 1.165) is 25.9 Å². The second-order valence-corrected chi connectivity index (χ2v) is 5.06. The molecule has 1 aliphatic carbocycles.